The number of hydrogen-bond donors (Lipinski definition) is 0. The maximum atomic E-state index is 13.9. The smallest absolute Gasteiger partial charge is 0.248 e. The van der Waals surface area contributed by atoms with E-state index in [1.54, 1.807) is 11.0 Å². The van der Waals surface area contributed by atoms with Crippen molar-refractivity contribution in [3.8, 4) is 5.75 Å². The number of methoxy groups -OCH3 is 1. The van der Waals surface area contributed by atoms with Crippen LogP contribution in [-0.2, 0) is 26.0 Å². The van der Waals surface area contributed by atoms with E-state index in [0.29, 0.717) is 6.42 Å². The fraction of sp³-hybridized carbons (Fsp3) is 0.440. The van der Waals surface area contributed by atoms with Gasteiger partial charge < -0.3 is 14.5 Å². The van der Waals surface area contributed by atoms with E-state index >= 15 is 0 Å². The Bertz CT molecular complexity index is 1230. The average molecular weight is 520 g/mol. The minimum Gasteiger partial charge on any atom is -0.495 e. The van der Waals surface area contributed by atoms with Gasteiger partial charge in [0.25, 0.3) is 0 Å². The minimum atomic E-state index is -4.10. The van der Waals surface area contributed by atoms with E-state index in [1.807, 2.05) is 45.0 Å². The van der Waals surface area contributed by atoms with Crippen LogP contribution in [0.15, 0.2) is 47.4 Å². The van der Waals surface area contributed by atoms with Gasteiger partial charge in [0.1, 0.15) is 22.9 Å². The maximum Gasteiger partial charge on any atom is 0.248 e. The number of benzene rings is 2. The van der Waals surface area contributed by atoms with Crippen LogP contribution in [0.4, 0.5) is 0 Å². The van der Waals surface area contributed by atoms with Crippen LogP contribution in [-0.4, -0.2) is 72.8 Å². The number of nitrogens with zero attached hydrogens (tertiary/aromatic N) is 3. The fourth-order valence-electron chi connectivity index (χ4n) is 4.78. The predicted molar refractivity (Wildman–Crippen MR) is 133 cm³/mol. The predicted octanol–water partition coefficient (Wildman–Crippen LogP) is 3.07. The van der Waals surface area contributed by atoms with Crippen molar-refractivity contribution < 1.29 is 22.7 Å². The summed E-state index contributed by atoms with van der Waals surface area (Å²) >= 11 is 6.13. The summed E-state index contributed by atoms with van der Waals surface area (Å²) in [6.45, 7) is 5.86. The molecule has 0 radical (unpaired) electrons. The molecule has 2 unspecified atom stereocenters. The molecule has 0 saturated carbocycles. The van der Waals surface area contributed by atoms with Crippen LogP contribution in [0.25, 0.3) is 0 Å². The lowest BCUT2D eigenvalue weighted by molar-refractivity contribution is -0.166. The second-order valence-electron chi connectivity index (χ2n) is 9.23. The van der Waals surface area contributed by atoms with Gasteiger partial charge in [-0.2, -0.15) is 4.31 Å². The van der Waals surface area contributed by atoms with Gasteiger partial charge in [-0.15, -0.1) is 0 Å². The highest BCUT2D eigenvalue weighted by Gasteiger charge is 2.51. The van der Waals surface area contributed by atoms with E-state index in [4.69, 9.17) is 16.3 Å². The number of sulfonamides is 1. The first kappa shape index (κ1) is 25.5. The molecule has 0 aromatic heterocycles. The van der Waals surface area contributed by atoms with E-state index in [2.05, 4.69) is 0 Å². The summed E-state index contributed by atoms with van der Waals surface area (Å²) in [6, 6.07) is 11.3. The van der Waals surface area contributed by atoms with Crippen molar-refractivity contribution in [1.29, 1.82) is 0 Å². The van der Waals surface area contributed by atoms with Gasteiger partial charge in [0.05, 0.1) is 13.7 Å². The number of piperazine rings is 1. The number of rotatable bonds is 6. The summed E-state index contributed by atoms with van der Waals surface area (Å²) < 4.78 is 34.4. The van der Waals surface area contributed by atoms with E-state index in [0.717, 1.165) is 11.1 Å². The number of hydrogen-bond acceptors (Lipinski definition) is 5. The van der Waals surface area contributed by atoms with Crippen LogP contribution in [0, 0.1) is 6.92 Å². The zero-order valence-corrected chi connectivity index (χ0v) is 21.8. The topological polar surface area (TPSA) is 87.2 Å². The van der Waals surface area contributed by atoms with Gasteiger partial charge in [0.15, 0.2) is 0 Å². The Morgan fingerprint density at radius 1 is 1.11 bits per heavy atom. The van der Waals surface area contributed by atoms with Crippen molar-refractivity contribution in [1.82, 2.24) is 14.1 Å². The number of fused-ring (bicyclic) bond motifs is 1. The number of halogens is 1. The summed E-state index contributed by atoms with van der Waals surface area (Å²) in [5.41, 5.74) is 2.00. The zero-order valence-electron chi connectivity index (χ0n) is 20.3. The largest absolute Gasteiger partial charge is 0.495 e. The third kappa shape index (κ3) is 4.77. The first-order chi connectivity index (χ1) is 16.5. The van der Waals surface area contributed by atoms with Crippen LogP contribution in [0.1, 0.15) is 31.4 Å². The van der Waals surface area contributed by atoms with Gasteiger partial charge in [-0.25, -0.2) is 8.42 Å². The highest BCUT2D eigenvalue weighted by molar-refractivity contribution is 7.89. The molecule has 0 aliphatic carbocycles. The van der Waals surface area contributed by atoms with Crippen LogP contribution in [0.5, 0.6) is 5.75 Å². The van der Waals surface area contributed by atoms with Crippen molar-refractivity contribution >= 4 is 33.4 Å². The summed E-state index contributed by atoms with van der Waals surface area (Å²) in [5, 5.41) is 0.259. The van der Waals surface area contributed by atoms with Gasteiger partial charge in [0, 0.05) is 30.5 Å². The maximum absolute atomic E-state index is 13.9. The summed E-state index contributed by atoms with van der Waals surface area (Å²) in [5.74, 6) is -0.236. The molecule has 0 bridgehead atoms. The molecule has 2 aromatic carbocycles. The first-order valence-corrected chi connectivity index (χ1v) is 13.4. The Balaban J connectivity index is 1.78. The second kappa shape index (κ2) is 9.79. The number of ether oxygens (including phenoxy) is 1. The molecular formula is C25H30ClN3O5S. The summed E-state index contributed by atoms with van der Waals surface area (Å²) in [4.78, 5) is 29.8. The molecule has 2 aliphatic heterocycles. The Labute approximate surface area is 211 Å². The molecule has 0 spiro atoms. The molecule has 2 amide bonds. The van der Waals surface area contributed by atoms with Gasteiger partial charge in [-0.05, 0) is 44.5 Å². The molecule has 2 fully saturated rings. The fourth-order valence-corrected chi connectivity index (χ4v) is 6.77. The molecule has 2 atom stereocenters. The molecular weight excluding hydrogens is 490 g/mol. The molecule has 10 heteroatoms. The number of carbonyl (C=O) groups excluding carboxylic acids is 2. The Morgan fingerprint density at radius 3 is 2.43 bits per heavy atom. The van der Waals surface area contributed by atoms with Crippen LogP contribution < -0.4 is 4.74 Å². The third-order valence-corrected chi connectivity index (χ3v) is 8.79. The number of carbonyl (C=O) groups is 2. The molecule has 188 valence electrons. The quantitative estimate of drug-likeness (QED) is 0.585. The molecule has 4 rings (SSSR count). The van der Waals surface area contributed by atoms with Crippen molar-refractivity contribution in [2.24, 2.45) is 0 Å². The highest BCUT2D eigenvalue weighted by Crippen LogP contribution is 2.35. The Kier molecular flexibility index (Phi) is 7.13. The summed E-state index contributed by atoms with van der Waals surface area (Å²) in [7, 11) is -2.70. The van der Waals surface area contributed by atoms with Gasteiger partial charge >= 0.3 is 0 Å². The molecule has 2 aromatic rings. The van der Waals surface area contributed by atoms with E-state index < -0.39 is 22.2 Å². The van der Waals surface area contributed by atoms with Gasteiger partial charge in [-0.1, -0.05) is 41.4 Å². The molecule has 2 aliphatic rings. The minimum absolute atomic E-state index is 0.00930. The highest BCUT2D eigenvalue weighted by atomic mass is 35.5. The lowest BCUT2D eigenvalue weighted by atomic mass is 9.97. The normalized spacial score (nSPS) is 21.4. The monoisotopic (exact) mass is 519 g/mol. The molecule has 2 saturated heterocycles. The van der Waals surface area contributed by atoms with E-state index in [9.17, 15) is 18.0 Å². The molecule has 8 nitrogen and oxygen atoms in total. The second-order valence-corrected chi connectivity index (χ2v) is 11.5. The standard InChI is InChI=1S/C25H30ClN3O5S/c1-16(2)27-15-23-28(35(32,33)22-14-19(26)9-10-21(22)34-4)12-11-24(30)29(23)20(25(27)31)13-18-7-5-17(3)6-8-18/h5-10,14,16,20,23H,11-13,15H2,1-4H3. The third-order valence-electron chi connectivity index (χ3n) is 6.64. The Hall–Kier alpha value is -2.62. The Morgan fingerprint density at radius 2 is 1.80 bits per heavy atom. The average Bonchev–Trinajstić information content (AvgIpc) is 2.81. The van der Waals surface area contributed by atoms with Gasteiger partial charge in [-0.3, -0.25) is 9.59 Å². The SMILES string of the molecule is COc1ccc(Cl)cc1S(=O)(=O)N1CCC(=O)N2C(Cc3ccc(C)cc3)C(=O)N(C(C)C)CC21. The molecule has 35 heavy (non-hydrogen) atoms. The van der Waals surface area contributed by atoms with Crippen molar-refractivity contribution in [3.05, 3.63) is 58.6 Å². The number of amides is 2. The van der Waals surface area contributed by atoms with E-state index in [1.165, 1.54) is 28.4 Å². The lowest BCUT2D eigenvalue weighted by Gasteiger charge is -2.52. The van der Waals surface area contributed by atoms with Crippen molar-refractivity contribution in [2.75, 3.05) is 20.2 Å². The number of aryl methyl sites for hydroxylation is 1. The van der Waals surface area contributed by atoms with Crippen molar-refractivity contribution in [2.45, 2.75) is 56.8 Å². The van der Waals surface area contributed by atoms with Gasteiger partial charge in [0.2, 0.25) is 21.8 Å². The lowest BCUT2D eigenvalue weighted by Crippen LogP contribution is -2.72. The van der Waals surface area contributed by atoms with E-state index in [-0.39, 0.29) is 53.0 Å². The summed E-state index contributed by atoms with van der Waals surface area (Å²) in [6.07, 6.45) is -0.544. The van der Waals surface area contributed by atoms with Crippen LogP contribution in [0.2, 0.25) is 5.02 Å². The van der Waals surface area contributed by atoms with Crippen LogP contribution >= 0.6 is 11.6 Å². The molecule has 2 heterocycles. The zero-order chi connectivity index (χ0) is 25.5. The van der Waals surface area contributed by atoms with Crippen molar-refractivity contribution in [3.63, 3.8) is 0 Å². The molecule has 0 N–H and O–H groups in total. The first-order valence-electron chi connectivity index (χ1n) is 11.6. The van der Waals surface area contributed by atoms with Crippen LogP contribution in [0.3, 0.4) is 0 Å².